The molecule has 1 saturated heterocycles. The highest BCUT2D eigenvalue weighted by Gasteiger charge is 2.40. The number of thiophene rings is 1. The highest BCUT2D eigenvalue weighted by atomic mass is 32.2. The van der Waals surface area contributed by atoms with Gasteiger partial charge in [-0.15, -0.1) is 22.7 Å². The van der Waals surface area contributed by atoms with Crippen LogP contribution in [-0.4, -0.2) is 60.7 Å². The van der Waals surface area contributed by atoms with Crippen molar-refractivity contribution >= 4 is 59.7 Å². The fourth-order valence-electron chi connectivity index (χ4n) is 5.33. The molecule has 0 bridgehead atoms. The van der Waals surface area contributed by atoms with Gasteiger partial charge in [0.05, 0.1) is 28.8 Å². The smallest absolute Gasteiger partial charge is 0.243 e. The van der Waals surface area contributed by atoms with Gasteiger partial charge in [-0.1, -0.05) is 12.1 Å². The molecule has 6 rings (SSSR count). The van der Waals surface area contributed by atoms with Crippen molar-refractivity contribution in [2.24, 2.45) is 0 Å². The van der Waals surface area contributed by atoms with Crippen LogP contribution in [0.2, 0.25) is 0 Å². The lowest BCUT2D eigenvalue weighted by Gasteiger charge is -2.26. The number of nitrogens with zero attached hydrogens (tertiary/aromatic N) is 3. The summed E-state index contributed by atoms with van der Waals surface area (Å²) >= 11 is 3.00. The molecule has 0 saturated carbocycles. The molecule has 0 radical (unpaired) electrons. The predicted molar refractivity (Wildman–Crippen MR) is 156 cm³/mol. The maximum Gasteiger partial charge on any atom is 0.243 e. The van der Waals surface area contributed by atoms with Crippen LogP contribution in [0.3, 0.4) is 0 Å². The van der Waals surface area contributed by atoms with Gasteiger partial charge in [-0.3, -0.25) is 9.59 Å². The van der Waals surface area contributed by atoms with Gasteiger partial charge < -0.3 is 15.0 Å². The number of amides is 2. The minimum atomic E-state index is -3.88. The SMILES string of the molecule is COc1ccc(S(=O)(=O)N2CCCC2C(=O)Nc2sc3c(c2-c2nc4ccccc4s2)CCN(C(C)=O)C3)cc1. The average Bonchev–Trinajstić information content (AvgIpc) is 3.69. The lowest BCUT2D eigenvalue weighted by molar-refractivity contribution is -0.129. The fraction of sp³-hybridized carbons (Fsp3) is 0.321. The summed E-state index contributed by atoms with van der Waals surface area (Å²) in [6.45, 7) is 2.91. The van der Waals surface area contributed by atoms with E-state index < -0.39 is 16.1 Å². The van der Waals surface area contributed by atoms with E-state index in [2.05, 4.69) is 5.32 Å². The molecule has 2 aliphatic heterocycles. The zero-order valence-electron chi connectivity index (χ0n) is 22.0. The predicted octanol–water partition coefficient (Wildman–Crippen LogP) is 4.73. The van der Waals surface area contributed by atoms with E-state index in [1.807, 2.05) is 24.3 Å². The zero-order valence-corrected chi connectivity index (χ0v) is 24.5. The maximum absolute atomic E-state index is 13.7. The number of rotatable bonds is 6. The van der Waals surface area contributed by atoms with Gasteiger partial charge in [-0.2, -0.15) is 4.31 Å². The number of ether oxygens (including phenoxy) is 1. The van der Waals surface area contributed by atoms with Crippen LogP contribution in [0, 0.1) is 0 Å². The molecule has 40 heavy (non-hydrogen) atoms. The van der Waals surface area contributed by atoms with Gasteiger partial charge in [0.1, 0.15) is 21.8 Å². The van der Waals surface area contributed by atoms with Crippen LogP contribution in [0.1, 0.15) is 30.2 Å². The summed E-state index contributed by atoms with van der Waals surface area (Å²) in [5, 5.41) is 4.54. The van der Waals surface area contributed by atoms with E-state index in [4.69, 9.17) is 9.72 Å². The van der Waals surface area contributed by atoms with Crippen molar-refractivity contribution < 1.29 is 22.7 Å². The fourth-order valence-corrected chi connectivity index (χ4v) is 9.37. The molecule has 1 atom stereocenters. The largest absolute Gasteiger partial charge is 0.497 e. The van der Waals surface area contributed by atoms with E-state index in [1.54, 1.807) is 35.3 Å². The first-order valence-electron chi connectivity index (χ1n) is 13.0. The third-order valence-corrected chi connectivity index (χ3v) is 11.5. The molecule has 1 fully saturated rings. The molecule has 9 nitrogen and oxygen atoms in total. The van der Waals surface area contributed by atoms with Crippen molar-refractivity contribution in [2.75, 3.05) is 25.5 Å². The van der Waals surface area contributed by atoms with Crippen LogP contribution in [0.4, 0.5) is 5.00 Å². The number of thiazole rings is 1. The molecule has 1 N–H and O–H groups in total. The van der Waals surface area contributed by atoms with Crippen molar-refractivity contribution in [1.29, 1.82) is 0 Å². The Morgan fingerprint density at radius 3 is 2.58 bits per heavy atom. The lowest BCUT2D eigenvalue weighted by Crippen LogP contribution is -2.43. The van der Waals surface area contributed by atoms with E-state index in [0.717, 1.165) is 31.2 Å². The first-order chi connectivity index (χ1) is 19.3. The van der Waals surface area contributed by atoms with Crippen LogP contribution in [0.25, 0.3) is 20.8 Å². The van der Waals surface area contributed by atoms with Crippen molar-refractivity contribution in [2.45, 2.75) is 43.7 Å². The molecule has 1 unspecified atom stereocenters. The Labute approximate surface area is 240 Å². The van der Waals surface area contributed by atoms with Gasteiger partial charge in [0.25, 0.3) is 0 Å². The summed E-state index contributed by atoms with van der Waals surface area (Å²) in [4.78, 5) is 33.6. The zero-order chi connectivity index (χ0) is 28.0. The van der Waals surface area contributed by atoms with E-state index >= 15 is 0 Å². The molecule has 2 aromatic heterocycles. The third-order valence-electron chi connectivity index (χ3n) is 7.42. The number of methoxy groups -OCH3 is 1. The standard InChI is InChI=1S/C28H28N4O5S3/c1-17(33)31-15-13-20-24(16-31)39-28(25(20)27-29-21-6-3-4-8-23(21)38-27)30-26(34)22-7-5-14-32(22)40(35,36)19-11-9-18(37-2)10-12-19/h3-4,6,8-12,22H,5,7,13-16H2,1-2H3,(H,30,34). The van der Waals surface area contributed by atoms with E-state index in [1.165, 1.54) is 34.9 Å². The summed E-state index contributed by atoms with van der Waals surface area (Å²) in [6, 6.07) is 13.3. The number of benzene rings is 2. The number of hydrogen-bond acceptors (Lipinski definition) is 8. The number of fused-ring (bicyclic) bond motifs is 2. The molecular weight excluding hydrogens is 569 g/mol. The second-order valence-electron chi connectivity index (χ2n) is 9.82. The number of carbonyl (C=O) groups is 2. The summed E-state index contributed by atoms with van der Waals surface area (Å²) in [5.74, 6) is 0.206. The summed E-state index contributed by atoms with van der Waals surface area (Å²) in [7, 11) is -2.36. The molecule has 0 spiro atoms. The normalized spacial score (nSPS) is 17.6. The molecule has 4 aromatic rings. The number of para-hydroxylation sites is 1. The van der Waals surface area contributed by atoms with Crippen molar-refractivity contribution in [1.82, 2.24) is 14.2 Å². The Kier molecular flexibility index (Phi) is 7.11. The first-order valence-corrected chi connectivity index (χ1v) is 16.1. The Morgan fingerprint density at radius 2 is 1.85 bits per heavy atom. The van der Waals surface area contributed by atoms with E-state index in [0.29, 0.717) is 43.1 Å². The monoisotopic (exact) mass is 596 g/mol. The van der Waals surface area contributed by atoms with Crippen molar-refractivity contribution in [3.05, 3.63) is 59.0 Å². The molecule has 2 aromatic carbocycles. The number of nitrogens with one attached hydrogen (secondary N) is 1. The molecule has 0 aliphatic carbocycles. The summed E-state index contributed by atoms with van der Waals surface area (Å²) in [6.07, 6.45) is 1.68. The molecule has 12 heteroatoms. The Morgan fingerprint density at radius 1 is 1.07 bits per heavy atom. The third kappa shape index (κ3) is 4.78. The van der Waals surface area contributed by atoms with Gasteiger partial charge in [0, 0.05) is 30.5 Å². The molecule has 208 valence electrons. The van der Waals surface area contributed by atoms with Crippen molar-refractivity contribution in [3.63, 3.8) is 0 Å². The molecule has 2 amide bonds. The van der Waals surface area contributed by atoms with Gasteiger partial charge >= 0.3 is 0 Å². The van der Waals surface area contributed by atoms with Gasteiger partial charge in [0.2, 0.25) is 21.8 Å². The number of hydrogen-bond donors (Lipinski definition) is 1. The Hall–Kier alpha value is -3.32. The maximum atomic E-state index is 13.7. The number of anilines is 1. The number of carbonyl (C=O) groups excluding carboxylic acids is 2. The topological polar surface area (TPSA) is 109 Å². The highest BCUT2D eigenvalue weighted by Crippen LogP contribution is 2.46. The molecule has 2 aliphatic rings. The van der Waals surface area contributed by atoms with E-state index in [-0.39, 0.29) is 23.3 Å². The van der Waals surface area contributed by atoms with Crippen molar-refractivity contribution in [3.8, 4) is 16.3 Å². The van der Waals surface area contributed by atoms with Gasteiger partial charge in [0.15, 0.2) is 0 Å². The van der Waals surface area contributed by atoms with E-state index in [9.17, 15) is 18.0 Å². The summed E-state index contributed by atoms with van der Waals surface area (Å²) < 4.78 is 34.5. The molecule has 4 heterocycles. The van der Waals surface area contributed by atoms with Gasteiger partial charge in [-0.25, -0.2) is 13.4 Å². The average molecular weight is 597 g/mol. The van der Waals surface area contributed by atoms with Crippen LogP contribution in [0.15, 0.2) is 53.4 Å². The number of aromatic nitrogens is 1. The second-order valence-corrected chi connectivity index (χ2v) is 13.9. The molecular formula is C28H28N4O5S3. The van der Waals surface area contributed by atoms with Gasteiger partial charge in [-0.05, 0) is 61.2 Å². The van der Waals surface area contributed by atoms with Crippen LogP contribution in [-0.2, 0) is 32.6 Å². The van der Waals surface area contributed by atoms with Crippen LogP contribution in [0.5, 0.6) is 5.75 Å². The van der Waals surface area contributed by atoms with Crippen LogP contribution >= 0.6 is 22.7 Å². The second kappa shape index (κ2) is 10.6. The first kappa shape index (κ1) is 26.9. The van der Waals surface area contributed by atoms with Crippen LogP contribution < -0.4 is 10.1 Å². The minimum Gasteiger partial charge on any atom is -0.497 e. The Bertz CT molecular complexity index is 1680. The Balaban J connectivity index is 1.34. The number of sulfonamides is 1. The minimum absolute atomic E-state index is 0.0107. The summed E-state index contributed by atoms with van der Waals surface area (Å²) in [5.41, 5.74) is 2.85. The highest BCUT2D eigenvalue weighted by molar-refractivity contribution is 7.89. The lowest BCUT2D eigenvalue weighted by atomic mass is 10.0. The quantitative estimate of drug-likeness (QED) is 0.345.